The van der Waals surface area contributed by atoms with Gasteiger partial charge in [0.2, 0.25) is 0 Å². The molecule has 3 aliphatic rings. The van der Waals surface area contributed by atoms with E-state index in [2.05, 4.69) is 72.8 Å². The van der Waals surface area contributed by atoms with Gasteiger partial charge in [0.15, 0.2) is 0 Å². The Morgan fingerprint density at radius 1 is 0.920 bits per heavy atom. The summed E-state index contributed by atoms with van der Waals surface area (Å²) < 4.78 is 2.67. The summed E-state index contributed by atoms with van der Waals surface area (Å²) in [6.07, 6.45) is 9.97. The van der Waals surface area contributed by atoms with Crippen molar-refractivity contribution in [1.82, 2.24) is 0 Å². The second-order valence-corrected chi connectivity index (χ2v) is 13.9. The van der Waals surface area contributed by atoms with Crippen LogP contribution in [0.3, 0.4) is 0 Å². The fourth-order valence-corrected chi connectivity index (χ4v) is 13.6. The minimum Gasteiger partial charge on any atom is -1.00 e. The summed E-state index contributed by atoms with van der Waals surface area (Å²) in [6, 6.07) is 20.2. The number of hydrogen-bond acceptors (Lipinski definition) is 0. The van der Waals surface area contributed by atoms with Gasteiger partial charge >= 0.3 is 151 Å². The van der Waals surface area contributed by atoms with E-state index in [9.17, 15) is 0 Å². The number of rotatable bonds is 3. The third-order valence-corrected chi connectivity index (χ3v) is 14.2. The van der Waals surface area contributed by atoms with Gasteiger partial charge in [-0.15, -0.1) is 0 Å². The Labute approximate surface area is 174 Å². The van der Waals surface area contributed by atoms with Crippen molar-refractivity contribution in [3.63, 3.8) is 0 Å². The fraction of sp³-hybridized carbons (Fsp3) is 0.143. The molecule has 1 aliphatic heterocycles. The van der Waals surface area contributed by atoms with Crippen LogP contribution in [-0.2, 0) is 22.9 Å². The molecule has 2 aliphatic carbocycles. The summed E-state index contributed by atoms with van der Waals surface area (Å²) in [4.78, 5) is 0. The van der Waals surface area contributed by atoms with Crippen LogP contribution in [0.15, 0.2) is 81.0 Å². The molecular formula is C21H17Cl2HfP. The molecule has 0 radical (unpaired) electrons. The third kappa shape index (κ3) is 3.42. The van der Waals surface area contributed by atoms with Gasteiger partial charge in [-0.05, 0) is 0 Å². The maximum Gasteiger partial charge on any atom is -1.00 e. The second-order valence-electron chi connectivity index (χ2n) is 6.29. The molecular weight excluding hydrogens is 533 g/mol. The molecule has 0 nitrogen and oxygen atoms in total. The summed E-state index contributed by atoms with van der Waals surface area (Å²) >= 11 is -0.834. The van der Waals surface area contributed by atoms with Crippen LogP contribution < -0.4 is 30.1 Å². The van der Waals surface area contributed by atoms with Crippen LogP contribution in [0, 0.1) is 0 Å². The van der Waals surface area contributed by atoms with Crippen molar-refractivity contribution in [2.75, 3.05) is 6.16 Å². The minimum absolute atomic E-state index is 0. The van der Waals surface area contributed by atoms with Crippen molar-refractivity contribution in [3.8, 4) is 0 Å². The van der Waals surface area contributed by atoms with Crippen molar-refractivity contribution >= 4 is 19.3 Å². The Bertz CT molecular complexity index is 870. The molecule has 0 bridgehead atoms. The smallest absolute Gasteiger partial charge is 1.00 e. The Morgan fingerprint density at radius 3 is 2.52 bits per heavy atom. The topological polar surface area (TPSA) is 0 Å². The second kappa shape index (κ2) is 8.05. The van der Waals surface area contributed by atoms with Crippen LogP contribution in [0.5, 0.6) is 0 Å². The molecule has 2 atom stereocenters. The van der Waals surface area contributed by atoms with Gasteiger partial charge in [0, 0.05) is 0 Å². The molecule has 0 amide bonds. The van der Waals surface area contributed by atoms with E-state index in [0.717, 1.165) is 3.67 Å². The first-order valence-corrected chi connectivity index (χ1v) is 13.6. The fourth-order valence-electron chi connectivity index (χ4n) is 3.76. The Balaban J connectivity index is 0.000000911. The van der Waals surface area contributed by atoms with E-state index >= 15 is 0 Å². The van der Waals surface area contributed by atoms with Gasteiger partial charge in [0.05, 0.1) is 0 Å². The monoisotopic (exact) mass is 550 g/mol. The van der Waals surface area contributed by atoms with E-state index < -0.39 is 22.9 Å². The molecule has 2 aromatic carbocycles. The maximum absolute atomic E-state index is 2.53. The molecule has 124 valence electrons. The molecule has 1 heterocycles. The zero-order chi connectivity index (χ0) is 15.2. The number of hydrogen-bond donors (Lipinski definition) is 0. The first kappa shape index (κ1) is 19.3. The van der Waals surface area contributed by atoms with Crippen molar-refractivity contribution in [1.29, 1.82) is 0 Å². The van der Waals surface area contributed by atoms with Gasteiger partial charge in [-0.2, -0.15) is 0 Å². The molecule has 5 rings (SSSR count). The molecule has 0 spiro atoms. The van der Waals surface area contributed by atoms with Crippen LogP contribution in [0.1, 0.15) is 21.2 Å². The molecule has 1 fully saturated rings. The van der Waals surface area contributed by atoms with E-state index in [-0.39, 0.29) is 32.7 Å². The Hall–Kier alpha value is -0.460. The molecule has 25 heavy (non-hydrogen) atoms. The van der Waals surface area contributed by atoms with E-state index in [1.807, 2.05) is 8.64 Å². The van der Waals surface area contributed by atoms with E-state index in [1.54, 1.807) is 16.4 Å². The summed E-state index contributed by atoms with van der Waals surface area (Å²) in [6.45, 7) is 0. The molecule has 0 saturated carbocycles. The summed E-state index contributed by atoms with van der Waals surface area (Å²) in [5.41, 5.74) is 4.75. The van der Waals surface area contributed by atoms with Crippen LogP contribution >= 0.6 is 7.92 Å². The van der Waals surface area contributed by atoms with Gasteiger partial charge in [-0.3, -0.25) is 0 Å². The first-order chi connectivity index (χ1) is 11.4. The summed E-state index contributed by atoms with van der Waals surface area (Å²) in [5, 5.41) is 3.40. The van der Waals surface area contributed by atoms with Crippen LogP contribution in [0.2, 0.25) is 0 Å². The molecule has 2 unspecified atom stereocenters. The molecule has 4 heteroatoms. The summed E-state index contributed by atoms with van der Waals surface area (Å²) in [5.74, 6) is 0. The Morgan fingerprint density at radius 2 is 1.68 bits per heavy atom. The number of fused-ring (bicyclic) bond motifs is 2. The summed E-state index contributed by atoms with van der Waals surface area (Å²) in [7, 11) is -0.0242. The quantitative estimate of drug-likeness (QED) is 0.348. The minimum atomic E-state index is -0.834. The molecule has 0 N–H and O–H groups in total. The van der Waals surface area contributed by atoms with Gasteiger partial charge in [0.25, 0.3) is 0 Å². The van der Waals surface area contributed by atoms with E-state index in [4.69, 9.17) is 0 Å². The Kier molecular flexibility index (Phi) is 6.22. The van der Waals surface area contributed by atoms with Gasteiger partial charge in [-0.25, -0.2) is 0 Å². The largest absolute Gasteiger partial charge is 1.00 e. The van der Waals surface area contributed by atoms with Crippen molar-refractivity contribution in [2.45, 2.75) is 10.1 Å². The van der Waals surface area contributed by atoms with Gasteiger partial charge in [0.1, 0.15) is 0 Å². The average molecular weight is 550 g/mol. The van der Waals surface area contributed by atoms with Crippen molar-refractivity contribution in [3.05, 3.63) is 92.1 Å². The third-order valence-electron chi connectivity index (χ3n) is 4.94. The molecule has 2 aromatic rings. The van der Waals surface area contributed by atoms with Crippen LogP contribution in [0.25, 0.3) is 6.08 Å². The van der Waals surface area contributed by atoms with Crippen LogP contribution in [-0.4, -0.2) is 6.16 Å². The maximum atomic E-state index is 2.53. The number of allylic oxidation sites excluding steroid dienone is 5. The van der Waals surface area contributed by atoms with Gasteiger partial charge < -0.3 is 24.8 Å². The predicted molar refractivity (Wildman–Crippen MR) is 95.8 cm³/mol. The zero-order valence-electron chi connectivity index (χ0n) is 13.6. The normalized spacial score (nSPS) is 22.0. The average Bonchev–Trinajstić information content (AvgIpc) is 3.11. The standard InChI is InChI=1S/C12H10P.C9H7.2ClH.Hf/c1-2-6-11(7-3-1)13-9-10-5-4-8-12(10)13;1-2-5-9-7-3-6-8(9)4-1;;;/h1-3,5-7H,4,9H2;1-7H;2*1H;/q;;;;+2/p-2. The van der Waals surface area contributed by atoms with E-state index in [1.165, 1.54) is 18.1 Å². The molecule has 1 saturated heterocycles. The number of halogens is 2. The first-order valence-electron chi connectivity index (χ1n) is 8.19. The van der Waals surface area contributed by atoms with Crippen LogP contribution in [0.4, 0.5) is 0 Å². The molecule has 0 aromatic heterocycles. The van der Waals surface area contributed by atoms with Crippen molar-refractivity contribution in [2.24, 2.45) is 0 Å². The SMILES string of the molecule is C1=C[CH]([Hf+2][C]2=C3C(=CC2)CP3c2ccccc2)c2ccccc21.[Cl-].[Cl-]. The van der Waals surface area contributed by atoms with E-state index in [0.29, 0.717) is 0 Å². The predicted octanol–water partition coefficient (Wildman–Crippen LogP) is -0.792. The number of benzene rings is 2. The zero-order valence-corrected chi connectivity index (χ0v) is 19.6. The van der Waals surface area contributed by atoms with Crippen molar-refractivity contribution < 1.29 is 47.7 Å². The van der Waals surface area contributed by atoms with Gasteiger partial charge in [-0.1, -0.05) is 0 Å².